The van der Waals surface area contributed by atoms with Crippen molar-refractivity contribution in [3.63, 3.8) is 0 Å². The number of benzene rings is 8. The molecule has 0 unspecified atom stereocenters. The van der Waals surface area contributed by atoms with Crippen LogP contribution in [0.1, 0.15) is 61.0 Å². The second-order valence-electron chi connectivity index (χ2n) is 23.1. The molecule has 0 spiro atoms. The van der Waals surface area contributed by atoms with E-state index in [1.807, 2.05) is 182 Å². The largest absolute Gasteiger partial charge is 0.455 e. The van der Waals surface area contributed by atoms with Gasteiger partial charge in [0, 0.05) is 0 Å². The van der Waals surface area contributed by atoms with E-state index < -0.39 is 116 Å². The summed E-state index contributed by atoms with van der Waals surface area (Å²) in [5.74, 6) is -3.10. The summed E-state index contributed by atoms with van der Waals surface area (Å²) in [5, 5.41) is 12.2. The van der Waals surface area contributed by atoms with Gasteiger partial charge in [0.15, 0.2) is 37.2 Å². The molecule has 0 bridgehead atoms. The minimum absolute atomic E-state index is 0.0124. The Labute approximate surface area is 557 Å². The molecule has 15 atom stereocenters. The van der Waals surface area contributed by atoms with Crippen molar-refractivity contribution < 1.29 is 85.8 Å². The molecule has 3 fully saturated rings. The second kappa shape index (κ2) is 35.1. The highest BCUT2D eigenvalue weighted by Gasteiger charge is 2.58. The smallest absolute Gasteiger partial charge is 0.338 e. The van der Waals surface area contributed by atoms with E-state index in [4.69, 9.17) is 77.9 Å². The van der Waals surface area contributed by atoms with Crippen LogP contribution in [0.5, 0.6) is 0 Å². The lowest BCUT2D eigenvalue weighted by Gasteiger charge is -2.51. The maximum absolute atomic E-state index is 14.6. The molecular weight excluding hydrogens is 1240 g/mol. The van der Waals surface area contributed by atoms with Crippen LogP contribution in [0.3, 0.4) is 0 Å². The molecule has 0 aromatic heterocycles. The first kappa shape index (κ1) is 68.4. The SMILES string of the molecule is C[C@H]1O[C@@H](O[C@H]2[C@H](OCc3ccccc3)[C@@H](OCc3ccccc3)[C@H](O[C@H]3[C@H](OCc4ccccc4)[C@@H](OCc4ccccc4)[C@H](O)O[C@@H]3COCc3ccccc3)O[C@@H]2COCc2ccccc2)[C@H](OC(=O)c2ccccc2)[C@@H](OC(=O)c2ccccc2)[C@H]1OC(=O)CCl. The first-order chi connectivity index (χ1) is 46.6. The van der Waals surface area contributed by atoms with Gasteiger partial charge in [-0.1, -0.05) is 218 Å². The third-order valence-electron chi connectivity index (χ3n) is 16.3. The van der Waals surface area contributed by atoms with Crippen molar-refractivity contribution in [1.29, 1.82) is 0 Å². The van der Waals surface area contributed by atoms with E-state index >= 15 is 0 Å². The number of ether oxygens (including phenoxy) is 14. The Bertz CT molecular complexity index is 3550. The highest BCUT2D eigenvalue weighted by Crippen LogP contribution is 2.39. The highest BCUT2D eigenvalue weighted by atomic mass is 35.5. The van der Waals surface area contributed by atoms with Gasteiger partial charge < -0.3 is 71.4 Å². The van der Waals surface area contributed by atoms with E-state index in [-0.39, 0.29) is 64.0 Å². The molecule has 3 aliphatic heterocycles. The quantitative estimate of drug-likeness (QED) is 0.0253. The summed E-state index contributed by atoms with van der Waals surface area (Å²) in [6, 6.07) is 73.8. The fourth-order valence-electron chi connectivity index (χ4n) is 11.5. The molecule has 95 heavy (non-hydrogen) atoms. The number of hydrogen-bond acceptors (Lipinski definition) is 18. The van der Waals surface area contributed by atoms with Crippen LogP contribution in [0.2, 0.25) is 0 Å². The van der Waals surface area contributed by atoms with Crippen LogP contribution >= 0.6 is 11.6 Å². The Balaban J connectivity index is 1.03. The zero-order chi connectivity index (χ0) is 65.6. The number of alkyl halides is 1. The van der Waals surface area contributed by atoms with Crippen LogP contribution in [0, 0.1) is 0 Å². The lowest BCUT2D eigenvalue weighted by atomic mass is 9.95. The second-order valence-corrected chi connectivity index (χ2v) is 23.4. The highest BCUT2D eigenvalue weighted by molar-refractivity contribution is 6.26. The minimum atomic E-state index is -1.68. The Kier molecular flexibility index (Phi) is 25.3. The molecular formula is C76H77ClO18. The Hall–Kier alpha value is -8.02. The summed E-state index contributed by atoms with van der Waals surface area (Å²) in [4.78, 5) is 42.3. The van der Waals surface area contributed by atoms with Crippen molar-refractivity contribution in [2.45, 2.75) is 139 Å². The zero-order valence-corrected chi connectivity index (χ0v) is 53.1. The molecule has 3 aliphatic rings. The first-order valence-corrected chi connectivity index (χ1v) is 32.3. The molecule has 3 saturated heterocycles. The van der Waals surface area contributed by atoms with Crippen LogP contribution < -0.4 is 0 Å². The standard InChI is InChI=1S/C76H77ClO18/c1-51-63(91-62(78)42-77)68(92-72(79)58-38-22-8-23-39-58)71(93-73(80)59-40-24-9-25-41-59)76(88-51)95-65-61(50-83-44-53-28-12-3-13-29-53)90-75(70(87-48-57-36-20-7-21-37-57)67(65)85-46-55-32-16-5-17-33-55)94-64-60(49-82-43-52-26-10-2-11-27-52)89-74(81)69(86-47-56-34-18-6-19-35-56)66(64)84-45-54-30-14-4-15-31-54/h2-41,51,60-61,63-71,74-76,81H,42-50H2,1H3/t51-,60-,61-,63+,64-,65-,66+,67+,68+,69-,70-,71-,74-,75+,76+/m1/s1. The predicted molar refractivity (Wildman–Crippen MR) is 348 cm³/mol. The van der Waals surface area contributed by atoms with E-state index in [0.29, 0.717) is 0 Å². The number of carbonyl (C=O) groups is 3. The van der Waals surface area contributed by atoms with Crippen LogP contribution in [-0.4, -0.2) is 134 Å². The lowest BCUT2D eigenvalue weighted by Crippen LogP contribution is -2.68. The maximum atomic E-state index is 14.6. The Morgan fingerprint density at radius 3 is 1.08 bits per heavy atom. The summed E-state index contributed by atoms with van der Waals surface area (Å²) in [7, 11) is 0. The maximum Gasteiger partial charge on any atom is 0.338 e. The number of halogens is 1. The topological polar surface area (TPSA) is 201 Å². The summed E-state index contributed by atoms with van der Waals surface area (Å²) in [6.45, 7) is 1.72. The zero-order valence-electron chi connectivity index (χ0n) is 52.4. The van der Waals surface area contributed by atoms with Crippen molar-refractivity contribution in [2.24, 2.45) is 0 Å². The van der Waals surface area contributed by atoms with Gasteiger partial charge in [-0.05, 0) is 64.6 Å². The molecule has 496 valence electrons. The average molecular weight is 1310 g/mol. The fourth-order valence-corrected chi connectivity index (χ4v) is 11.6. The van der Waals surface area contributed by atoms with Crippen molar-refractivity contribution in [1.82, 2.24) is 0 Å². The summed E-state index contributed by atoms with van der Waals surface area (Å²) in [6.07, 6.45) is -19.9. The third-order valence-corrected chi connectivity index (χ3v) is 16.5. The molecule has 18 nitrogen and oxygen atoms in total. The van der Waals surface area contributed by atoms with Gasteiger partial charge in [-0.15, -0.1) is 11.6 Å². The molecule has 8 aromatic rings. The number of esters is 3. The normalized spacial score (nSPS) is 25.8. The minimum Gasteiger partial charge on any atom is -0.455 e. The van der Waals surface area contributed by atoms with E-state index in [9.17, 15) is 19.5 Å². The average Bonchev–Trinajstić information content (AvgIpc) is 0.778. The van der Waals surface area contributed by atoms with Crippen LogP contribution in [0.25, 0.3) is 0 Å². The van der Waals surface area contributed by atoms with Crippen LogP contribution in [-0.2, 0) is 111 Å². The van der Waals surface area contributed by atoms with Crippen molar-refractivity contribution in [2.75, 3.05) is 19.1 Å². The van der Waals surface area contributed by atoms with Crippen molar-refractivity contribution in [3.8, 4) is 0 Å². The van der Waals surface area contributed by atoms with E-state index in [1.54, 1.807) is 67.6 Å². The third kappa shape index (κ3) is 19.1. The van der Waals surface area contributed by atoms with Gasteiger partial charge in [0.2, 0.25) is 0 Å². The van der Waals surface area contributed by atoms with Gasteiger partial charge in [-0.2, -0.15) is 0 Å². The Morgan fingerprint density at radius 2 is 0.684 bits per heavy atom. The predicted octanol–water partition coefficient (Wildman–Crippen LogP) is 11.3. The molecule has 11 rings (SSSR count). The fraction of sp³-hybridized carbons (Fsp3) is 0.329. The van der Waals surface area contributed by atoms with E-state index in [2.05, 4.69) is 0 Å². The molecule has 1 N–H and O–H groups in total. The van der Waals surface area contributed by atoms with Gasteiger partial charge in [0.1, 0.15) is 54.7 Å². The number of rotatable bonds is 30. The summed E-state index contributed by atoms with van der Waals surface area (Å²) < 4.78 is 95.6. The molecule has 0 radical (unpaired) electrons. The molecule has 3 heterocycles. The van der Waals surface area contributed by atoms with Crippen LogP contribution in [0.4, 0.5) is 0 Å². The van der Waals surface area contributed by atoms with Gasteiger partial charge >= 0.3 is 17.9 Å². The van der Waals surface area contributed by atoms with Crippen molar-refractivity contribution >= 4 is 29.5 Å². The monoisotopic (exact) mass is 1310 g/mol. The van der Waals surface area contributed by atoms with Gasteiger partial charge in [-0.3, -0.25) is 4.79 Å². The molecule has 0 aliphatic carbocycles. The van der Waals surface area contributed by atoms with Gasteiger partial charge in [0.25, 0.3) is 0 Å². The van der Waals surface area contributed by atoms with E-state index in [0.717, 1.165) is 33.4 Å². The first-order valence-electron chi connectivity index (χ1n) is 31.7. The van der Waals surface area contributed by atoms with Gasteiger partial charge in [-0.25, -0.2) is 9.59 Å². The number of carbonyl (C=O) groups excluding carboxylic acids is 3. The number of aliphatic hydroxyl groups is 1. The molecule has 19 heteroatoms. The summed E-state index contributed by atoms with van der Waals surface area (Å²) in [5.41, 5.74) is 5.27. The van der Waals surface area contributed by atoms with Gasteiger partial charge in [0.05, 0.1) is 70.1 Å². The Morgan fingerprint density at radius 1 is 0.358 bits per heavy atom. The summed E-state index contributed by atoms with van der Waals surface area (Å²) >= 11 is 6.09. The number of hydrogen-bond donors (Lipinski definition) is 1. The van der Waals surface area contributed by atoms with Crippen molar-refractivity contribution in [3.05, 3.63) is 287 Å². The molecule has 8 aromatic carbocycles. The van der Waals surface area contributed by atoms with E-state index in [1.165, 1.54) is 0 Å². The molecule has 0 saturated carbocycles. The number of aliphatic hydroxyl groups excluding tert-OH is 1. The van der Waals surface area contributed by atoms with Crippen LogP contribution in [0.15, 0.2) is 243 Å². The molecule has 0 amide bonds. The lowest BCUT2D eigenvalue weighted by molar-refractivity contribution is -0.388.